The minimum Gasteiger partial charge on any atom is -0.427 e. The molecule has 0 saturated heterocycles. The van der Waals surface area contributed by atoms with Crippen molar-refractivity contribution in [1.82, 2.24) is 0 Å². The van der Waals surface area contributed by atoms with Crippen LogP contribution in [0.25, 0.3) is 0 Å². The van der Waals surface area contributed by atoms with Gasteiger partial charge in [-0.15, -0.1) is 0 Å². The molecule has 0 amide bonds. The predicted octanol–water partition coefficient (Wildman–Crippen LogP) is 2.82. The third kappa shape index (κ3) is 5.29. The highest BCUT2D eigenvalue weighted by atomic mass is 16.5. The zero-order valence-electron chi connectivity index (χ0n) is 10.1. The highest BCUT2D eigenvalue weighted by Gasteiger charge is 2.02. The van der Waals surface area contributed by atoms with E-state index in [0.29, 0.717) is 18.6 Å². The Kier molecular flexibility index (Phi) is 6.00. The van der Waals surface area contributed by atoms with E-state index in [1.54, 1.807) is 13.0 Å². The number of carbonyl (C=O) groups is 1. The lowest BCUT2D eigenvalue weighted by atomic mass is 10.1. The summed E-state index contributed by atoms with van der Waals surface area (Å²) >= 11 is 0. The van der Waals surface area contributed by atoms with Crippen molar-refractivity contribution in [1.29, 1.82) is 0 Å². The fourth-order valence-electron chi connectivity index (χ4n) is 1.49. The van der Waals surface area contributed by atoms with Crippen LogP contribution in [0.15, 0.2) is 24.3 Å². The summed E-state index contributed by atoms with van der Waals surface area (Å²) < 4.78 is 5.13. The zero-order valence-corrected chi connectivity index (χ0v) is 10.1. The van der Waals surface area contributed by atoms with Crippen LogP contribution in [0.5, 0.6) is 5.75 Å². The van der Waals surface area contributed by atoms with Crippen LogP contribution in [0.1, 0.15) is 38.2 Å². The van der Waals surface area contributed by atoms with Gasteiger partial charge in [0.1, 0.15) is 5.75 Å². The fourth-order valence-corrected chi connectivity index (χ4v) is 1.49. The molecule has 0 aliphatic heterocycles. The second-order valence-corrected chi connectivity index (χ2v) is 3.83. The molecule has 0 N–H and O–H groups in total. The number of ether oxygens (including phenoxy) is 1. The lowest BCUT2D eigenvalue weighted by Crippen LogP contribution is -2.05. The van der Waals surface area contributed by atoms with Crippen molar-refractivity contribution in [3.05, 3.63) is 29.8 Å². The molecule has 0 unspecified atom stereocenters. The molecule has 91 valence electrons. The van der Waals surface area contributed by atoms with E-state index in [2.05, 4.69) is 0 Å². The molecule has 0 aliphatic rings. The smallest absolute Gasteiger partial charge is 0.310 e. The van der Waals surface area contributed by atoms with Crippen LogP contribution < -0.4 is 4.74 Å². The van der Waals surface area contributed by atoms with E-state index in [9.17, 15) is 9.59 Å². The van der Waals surface area contributed by atoms with Crippen LogP contribution in [-0.2, 0) is 16.0 Å². The molecule has 0 bridgehead atoms. The molecule has 1 aromatic carbocycles. The number of esters is 1. The quantitative estimate of drug-likeness (QED) is 0.413. The van der Waals surface area contributed by atoms with Crippen LogP contribution in [0, 0.1) is 0 Å². The summed E-state index contributed by atoms with van der Waals surface area (Å²) in [6.45, 7) is 1.77. The maximum atomic E-state index is 11.1. The SMILES string of the molecule is CCC(=O)Oc1cccc(CCCC[C]=O)c1. The summed E-state index contributed by atoms with van der Waals surface area (Å²) in [4.78, 5) is 21.2. The third-order valence-electron chi connectivity index (χ3n) is 2.41. The van der Waals surface area contributed by atoms with E-state index in [-0.39, 0.29) is 5.97 Å². The second kappa shape index (κ2) is 7.60. The number of carbonyl (C=O) groups excluding carboxylic acids is 2. The van der Waals surface area contributed by atoms with E-state index in [1.807, 2.05) is 24.5 Å². The van der Waals surface area contributed by atoms with Crippen molar-refractivity contribution in [2.45, 2.75) is 39.0 Å². The van der Waals surface area contributed by atoms with Gasteiger partial charge in [0.05, 0.1) is 0 Å². The van der Waals surface area contributed by atoms with Crippen molar-refractivity contribution < 1.29 is 14.3 Å². The molecule has 3 heteroatoms. The number of aryl methyl sites for hydroxylation is 1. The van der Waals surface area contributed by atoms with Crippen LogP contribution in [-0.4, -0.2) is 12.3 Å². The average Bonchev–Trinajstić information content (AvgIpc) is 2.35. The Morgan fingerprint density at radius 1 is 1.35 bits per heavy atom. The molecule has 1 radical (unpaired) electrons. The molecule has 0 aliphatic carbocycles. The summed E-state index contributed by atoms with van der Waals surface area (Å²) in [7, 11) is 0. The van der Waals surface area contributed by atoms with Crippen LogP contribution in [0.2, 0.25) is 0 Å². The van der Waals surface area contributed by atoms with Gasteiger partial charge in [-0.2, -0.15) is 0 Å². The van der Waals surface area contributed by atoms with Crippen molar-refractivity contribution in [3.63, 3.8) is 0 Å². The predicted molar refractivity (Wildman–Crippen MR) is 65.6 cm³/mol. The minimum atomic E-state index is -0.224. The van der Waals surface area contributed by atoms with Gasteiger partial charge in [0, 0.05) is 12.8 Å². The van der Waals surface area contributed by atoms with Gasteiger partial charge in [-0.3, -0.25) is 9.59 Å². The lowest BCUT2D eigenvalue weighted by Gasteiger charge is -2.05. The van der Waals surface area contributed by atoms with Crippen LogP contribution in [0.3, 0.4) is 0 Å². The van der Waals surface area contributed by atoms with Gasteiger partial charge in [0.2, 0.25) is 0 Å². The molecule has 0 aromatic heterocycles. The lowest BCUT2D eigenvalue weighted by molar-refractivity contribution is -0.134. The highest BCUT2D eigenvalue weighted by Crippen LogP contribution is 2.16. The first-order valence-electron chi connectivity index (χ1n) is 5.91. The first kappa shape index (κ1) is 13.4. The van der Waals surface area contributed by atoms with Gasteiger partial charge in [-0.25, -0.2) is 0 Å². The topological polar surface area (TPSA) is 43.4 Å². The van der Waals surface area contributed by atoms with Crippen molar-refractivity contribution in [3.8, 4) is 5.75 Å². The zero-order chi connectivity index (χ0) is 12.5. The molecular weight excluding hydrogens is 216 g/mol. The standard InChI is InChI=1S/C14H17O3/c1-2-14(16)17-13-9-6-8-12(11-13)7-4-3-5-10-15/h6,8-9,11H,2-5,7H2,1H3. The van der Waals surface area contributed by atoms with Crippen molar-refractivity contribution in [2.75, 3.05) is 0 Å². The number of hydrogen-bond donors (Lipinski definition) is 0. The van der Waals surface area contributed by atoms with Gasteiger partial charge in [-0.1, -0.05) is 19.1 Å². The molecule has 0 heterocycles. The fraction of sp³-hybridized carbons (Fsp3) is 0.429. The van der Waals surface area contributed by atoms with Gasteiger partial charge in [-0.05, 0) is 37.0 Å². The van der Waals surface area contributed by atoms with Gasteiger partial charge < -0.3 is 4.74 Å². The van der Waals surface area contributed by atoms with Crippen molar-refractivity contribution in [2.24, 2.45) is 0 Å². The van der Waals surface area contributed by atoms with Crippen LogP contribution in [0.4, 0.5) is 0 Å². The molecule has 0 spiro atoms. The number of hydrogen-bond acceptors (Lipinski definition) is 3. The molecule has 3 nitrogen and oxygen atoms in total. The monoisotopic (exact) mass is 233 g/mol. The van der Waals surface area contributed by atoms with Crippen molar-refractivity contribution >= 4 is 12.3 Å². The number of rotatable bonds is 7. The molecule has 1 aromatic rings. The van der Waals surface area contributed by atoms with E-state index < -0.39 is 0 Å². The maximum absolute atomic E-state index is 11.1. The first-order chi connectivity index (χ1) is 8.26. The Morgan fingerprint density at radius 3 is 2.88 bits per heavy atom. The first-order valence-corrected chi connectivity index (χ1v) is 5.91. The Hall–Kier alpha value is -1.64. The largest absolute Gasteiger partial charge is 0.427 e. The van der Waals surface area contributed by atoms with E-state index in [1.165, 1.54) is 0 Å². The molecule has 1 rings (SSSR count). The van der Waals surface area contributed by atoms with Gasteiger partial charge >= 0.3 is 5.97 Å². The highest BCUT2D eigenvalue weighted by molar-refractivity contribution is 5.71. The molecule has 0 saturated carbocycles. The number of benzene rings is 1. The third-order valence-corrected chi connectivity index (χ3v) is 2.41. The van der Waals surface area contributed by atoms with Gasteiger partial charge in [0.15, 0.2) is 6.29 Å². The summed E-state index contributed by atoms with van der Waals surface area (Å²) in [6, 6.07) is 7.52. The normalized spacial score (nSPS) is 9.94. The Labute approximate surface area is 102 Å². The Balaban J connectivity index is 2.47. The summed E-state index contributed by atoms with van der Waals surface area (Å²) in [5.41, 5.74) is 1.12. The van der Waals surface area contributed by atoms with E-state index in [0.717, 1.165) is 24.8 Å². The molecule has 17 heavy (non-hydrogen) atoms. The summed E-state index contributed by atoms with van der Waals surface area (Å²) in [5, 5.41) is 0. The maximum Gasteiger partial charge on any atom is 0.310 e. The molecule has 0 fully saturated rings. The number of unbranched alkanes of at least 4 members (excludes halogenated alkanes) is 2. The van der Waals surface area contributed by atoms with Gasteiger partial charge in [0.25, 0.3) is 0 Å². The molecule has 0 atom stereocenters. The second-order valence-electron chi connectivity index (χ2n) is 3.83. The Morgan fingerprint density at radius 2 is 2.18 bits per heavy atom. The summed E-state index contributed by atoms with van der Waals surface area (Å²) in [6.07, 6.45) is 5.43. The Bertz CT molecular complexity index is 371. The van der Waals surface area contributed by atoms with E-state index >= 15 is 0 Å². The minimum absolute atomic E-state index is 0.224. The van der Waals surface area contributed by atoms with E-state index in [4.69, 9.17) is 4.74 Å². The summed E-state index contributed by atoms with van der Waals surface area (Å²) in [5.74, 6) is 0.369. The van der Waals surface area contributed by atoms with Crippen LogP contribution >= 0.6 is 0 Å². The average molecular weight is 233 g/mol. The molecular formula is C14H17O3.